The fourth-order valence-corrected chi connectivity index (χ4v) is 1.77. The van der Waals surface area contributed by atoms with Crippen molar-refractivity contribution in [2.45, 2.75) is 19.9 Å². The maximum absolute atomic E-state index is 13.6. The molecule has 0 spiro atoms. The molecule has 0 atom stereocenters. The number of benzene rings is 1. The standard InChI is InChI=1S/C14H18FN3O.ClH/c1-2-7-19-14-8-11(3-4-13(14)15)12-9-17-18(10-12)6-5-16;/h3-4,8-10H,2,5-7,16H2,1H3;1H. The highest BCUT2D eigenvalue weighted by molar-refractivity contribution is 5.85. The van der Waals surface area contributed by atoms with Crippen LogP contribution in [-0.2, 0) is 6.54 Å². The van der Waals surface area contributed by atoms with Crippen molar-refractivity contribution >= 4 is 12.4 Å². The van der Waals surface area contributed by atoms with Crippen molar-refractivity contribution in [1.29, 1.82) is 0 Å². The summed E-state index contributed by atoms with van der Waals surface area (Å²) in [5.41, 5.74) is 7.29. The first kappa shape index (κ1) is 16.5. The van der Waals surface area contributed by atoms with E-state index < -0.39 is 0 Å². The van der Waals surface area contributed by atoms with Crippen molar-refractivity contribution in [3.8, 4) is 16.9 Å². The zero-order valence-electron chi connectivity index (χ0n) is 11.4. The van der Waals surface area contributed by atoms with E-state index in [1.165, 1.54) is 6.07 Å². The minimum absolute atomic E-state index is 0. The van der Waals surface area contributed by atoms with Crippen molar-refractivity contribution in [1.82, 2.24) is 9.78 Å². The van der Waals surface area contributed by atoms with E-state index in [1.807, 2.05) is 13.1 Å². The van der Waals surface area contributed by atoms with Crippen LogP contribution in [0.4, 0.5) is 4.39 Å². The monoisotopic (exact) mass is 299 g/mol. The topological polar surface area (TPSA) is 53.1 Å². The first-order valence-corrected chi connectivity index (χ1v) is 6.40. The Balaban J connectivity index is 0.00000200. The Bertz CT molecular complexity index is 545. The lowest BCUT2D eigenvalue weighted by molar-refractivity contribution is 0.301. The second kappa shape index (κ2) is 7.87. The maximum atomic E-state index is 13.6. The van der Waals surface area contributed by atoms with Crippen LogP contribution in [0.15, 0.2) is 30.6 Å². The van der Waals surface area contributed by atoms with E-state index in [4.69, 9.17) is 10.5 Å². The highest BCUT2D eigenvalue weighted by atomic mass is 35.5. The lowest BCUT2D eigenvalue weighted by Crippen LogP contribution is -2.09. The maximum Gasteiger partial charge on any atom is 0.165 e. The Kier molecular flexibility index (Phi) is 6.48. The molecule has 6 heteroatoms. The van der Waals surface area contributed by atoms with Crippen LogP contribution in [0.3, 0.4) is 0 Å². The van der Waals surface area contributed by atoms with Crippen molar-refractivity contribution in [3.05, 3.63) is 36.4 Å². The van der Waals surface area contributed by atoms with Crippen LogP contribution < -0.4 is 10.5 Å². The largest absolute Gasteiger partial charge is 0.491 e. The molecule has 0 fully saturated rings. The lowest BCUT2D eigenvalue weighted by atomic mass is 10.1. The molecular weight excluding hydrogens is 281 g/mol. The molecule has 0 saturated heterocycles. The van der Waals surface area contributed by atoms with Gasteiger partial charge in [-0.3, -0.25) is 4.68 Å². The molecule has 2 aromatic rings. The number of rotatable bonds is 6. The fourth-order valence-electron chi connectivity index (χ4n) is 1.77. The zero-order chi connectivity index (χ0) is 13.7. The Morgan fingerprint density at radius 3 is 2.85 bits per heavy atom. The van der Waals surface area contributed by atoms with Crippen LogP contribution in [0.5, 0.6) is 5.75 Å². The summed E-state index contributed by atoms with van der Waals surface area (Å²) in [4.78, 5) is 0. The highest BCUT2D eigenvalue weighted by Gasteiger charge is 2.07. The van der Waals surface area contributed by atoms with Gasteiger partial charge in [-0.1, -0.05) is 13.0 Å². The average molecular weight is 300 g/mol. The number of nitrogens with two attached hydrogens (primary N) is 1. The zero-order valence-corrected chi connectivity index (χ0v) is 12.2. The van der Waals surface area contributed by atoms with Crippen molar-refractivity contribution in [3.63, 3.8) is 0 Å². The van der Waals surface area contributed by atoms with E-state index in [9.17, 15) is 4.39 Å². The van der Waals surface area contributed by atoms with Gasteiger partial charge in [0.15, 0.2) is 11.6 Å². The van der Waals surface area contributed by atoms with Crippen LogP contribution in [0.25, 0.3) is 11.1 Å². The van der Waals surface area contributed by atoms with E-state index >= 15 is 0 Å². The van der Waals surface area contributed by atoms with Gasteiger partial charge in [-0.2, -0.15) is 5.10 Å². The van der Waals surface area contributed by atoms with Gasteiger partial charge in [-0.15, -0.1) is 12.4 Å². The third kappa shape index (κ3) is 3.95. The third-order valence-electron chi connectivity index (χ3n) is 2.72. The number of hydrogen-bond acceptors (Lipinski definition) is 3. The van der Waals surface area contributed by atoms with Gasteiger partial charge in [0.25, 0.3) is 0 Å². The number of aromatic nitrogens is 2. The molecule has 0 aliphatic rings. The fraction of sp³-hybridized carbons (Fsp3) is 0.357. The van der Waals surface area contributed by atoms with E-state index in [1.54, 1.807) is 23.0 Å². The molecule has 0 aliphatic heterocycles. The molecule has 2 rings (SSSR count). The van der Waals surface area contributed by atoms with Gasteiger partial charge in [-0.05, 0) is 24.1 Å². The van der Waals surface area contributed by atoms with Crippen LogP contribution in [0.2, 0.25) is 0 Å². The summed E-state index contributed by atoms with van der Waals surface area (Å²) in [5.74, 6) is -0.0579. The molecule has 0 bridgehead atoms. The SMILES string of the molecule is CCCOc1cc(-c2cnn(CCN)c2)ccc1F.Cl. The number of halogens is 2. The number of nitrogens with zero attached hydrogens (tertiary/aromatic N) is 2. The molecule has 0 amide bonds. The molecule has 1 aromatic heterocycles. The molecule has 0 saturated carbocycles. The van der Waals surface area contributed by atoms with Crippen LogP contribution in [0.1, 0.15) is 13.3 Å². The van der Waals surface area contributed by atoms with Gasteiger partial charge in [0.2, 0.25) is 0 Å². The normalized spacial score (nSPS) is 10.2. The summed E-state index contributed by atoms with van der Waals surface area (Å²) in [7, 11) is 0. The Morgan fingerprint density at radius 1 is 1.35 bits per heavy atom. The Labute approximate surface area is 124 Å². The van der Waals surface area contributed by atoms with Crippen molar-refractivity contribution in [2.75, 3.05) is 13.2 Å². The van der Waals surface area contributed by atoms with E-state index in [-0.39, 0.29) is 24.0 Å². The molecule has 2 N–H and O–H groups in total. The molecular formula is C14H19ClFN3O. The van der Waals surface area contributed by atoms with E-state index in [2.05, 4.69) is 5.10 Å². The predicted octanol–water partition coefficient (Wildman–Crippen LogP) is 2.86. The summed E-state index contributed by atoms with van der Waals surface area (Å²) in [5, 5.41) is 4.20. The molecule has 0 aliphatic carbocycles. The second-order valence-electron chi connectivity index (χ2n) is 4.27. The van der Waals surface area contributed by atoms with E-state index in [0.29, 0.717) is 19.7 Å². The summed E-state index contributed by atoms with van der Waals surface area (Å²) >= 11 is 0. The predicted molar refractivity (Wildman–Crippen MR) is 79.7 cm³/mol. The number of ether oxygens (including phenoxy) is 1. The molecule has 4 nitrogen and oxygen atoms in total. The van der Waals surface area contributed by atoms with Gasteiger partial charge < -0.3 is 10.5 Å². The smallest absolute Gasteiger partial charge is 0.165 e. The average Bonchev–Trinajstić information content (AvgIpc) is 2.87. The third-order valence-corrected chi connectivity index (χ3v) is 2.72. The van der Waals surface area contributed by atoms with Crippen LogP contribution in [0, 0.1) is 5.82 Å². The van der Waals surface area contributed by atoms with Crippen LogP contribution >= 0.6 is 12.4 Å². The summed E-state index contributed by atoms with van der Waals surface area (Å²) in [6.45, 7) is 3.70. The lowest BCUT2D eigenvalue weighted by Gasteiger charge is -2.07. The van der Waals surface area contributed by atoms with E-state index in [0.717, 1.165) is 17.5 Å². The van der Waals surface area contributed by atoms with Gasteiger partial charge in [-0.25, -0.2) is 4.39 Å². The van der Waals surface area contributed by atoms with Gasteiger partial charge >= 0.3 is 0 Å². The summed E-state index contributed by atoms with van der Waals surface area (Å²) in [6.07, 6.45) is 4.48. The van der Waals surface area contributed by atoms with Gasteiger partial charge in [0.05, 0.1) is 19.3 Å². The Morgan fingerprint density at radius 2 is 2.15 bits per heavy atom. The van der Waals surface area contributed by atoms with Crippen molar-refractivity contribution in [2.24, 2.45) is 5.73 Å². The summed E-state index contributed by atoms with van der Waals surface area (Å²) in [6, 6.07) is 4.84. The van der Waals surface area contributed by atoms with Gasteiger partial charge in [0.1, 0.15) is 0 Å². The number of hydrogen-bond donors (Lipinski definition) is 1. The minimum atomic E-state index is -0.341. The first-order valence-electron chi connectivity index (χ1n) is 6.40. The molecule has 0 unspecified atom stereocenters. The molecule has 1 heterocycles. The molecule has 110 valence electrons. The molecule has 20 heavy (non-hydrogen) atoms. The minimum Gasteiger partial charge on any atom is -0.491 e. The first-order chi connectivity index (χ1) is 9.24. The second-order valence-corrected chi connectivity index (χ2v) is 4.27. The molecule has 1 aromatic carbocycles. The quantitative estimate of drug-likeness (QED) is 0.892. The van der Waals surface area contributed by atoms with Gasteiger partial charge in [0, 0.05) is 18.3 Å². The van der Waals surface area contributed by atoms with Crippen molar-refractivity contribution < 1.29 is 9.13 Å². The summed E-state index contributed by atoms with van der Waals surface area (Å²) < 4.78 is 20.7. The molecule has 0 radical (unpaired) electrons. The highest BCUT2D eigenvalue weighted by Crippen LogP contribution is 2.26. The Hall–Kier alpha value is -1.59. The van der Waals surface area contributed by atoms with Crippen LogP contribution in [-0.4, -0.2) is 22.9 Å².